The molecule has 0 spiro atoms. The number of nitrogens with one attached hydrogen (secondary N) is 1. The summed E-state index contributed by atoms with van der Waals surface area (Å²) < 4.78 is 0. The Hall–Kier alpha value is -2.27. The molecule has 0 radical (unpaired) electrons. The fourth-order valence-corrected chi connectivity index (χ4v) is 3.15. The molecular formula is C18H20ClN3O2. The van der Waals surface area contributed by atoms with Gasteiger partial charge in [0.25, 0.3) is 11.5 Å². The molecule has 1 aliphatic rings. The van der Waals surface area contributed by atoms with Crippen LogP contribution in [0.4, 0.5) is 5.69 Å². The largest absolute Gasteiger partial charge is 0.368 e. The molecule has 1 aromatic heterocycles. The number of aromatic nitrogens is 1. The predicted octanol–water partition coefficient (Wildman–Crippen LogP) is 2.61. The highest BCUT2D eigenvalue weighted by Crippen LogP contribution is 2.25. The standard InChI is InChI=1S/C18H20ClN3O2/c1-12-3-5-14(19)11-16(12)21-7-9-22(10-8-21)18(24)15-6-4-13(2)20-17(15)23/h3-6,11H,7-10H2,1-2H3,(H,20,23). The number of nitrogens with zero attached hydrogens (tertiary/aromatic N) is 2. The van der Waals surface area contributed by atoms with E-state index in [1.165, 1.54) is 0 Å². The topological polar surface area (TPSA) is 56.4 Å². The number of aryl methyl sites for hydroxylation is 2. The van der Waals surface area contributed by atoms with Crippen LogP contribution < -0.4 is 10.5 Å². The van der Waals surface area contributed by atoms with Crippen LogP contribution in [0.3, 0.4) is 0 Å². The number of aromatic amines is 1. The van der Waals surface area contributed by atoms with E-state index in [0.29, 0.717) is 18.1 Å². The second kappa shape index (κ2) is 6.69. The van der Waals surface area contributed by atoms with E-state index in [9.17, 15) is 9.59 Å². The van der Waals surface area contributed by atoms with Crippen LogP contribution in [-0.2, 0) is 0 Å². The van der Waals surface area contributed by atoms with Gasteiger partial charge >= 0.3 is 0 Å². The summed E-state index contributed by atoms with van der Waals surface area (Å²) in [6, 6.07) is 9.19. The molecule has 2 aromatic rings. The zero-order chi connectivity index (χ0) is 17.3. The van der Waals surface area contributed by atoms with Crippen molar-refractivity contribution in [2.75, 3.05) is 31.1 Å². The van der Waals surface area contributed by atoms with Crippen LogP contribution in [0.2, 0.25) is 5.02 Å². The van der Waals surface area contributed by atoms with E-state index in [-0.39, 0.29) is 17.0 Å². The summed E-state index contributed by atoms with van der Waals surface area (Å²) in [5, 5.41) is 0.709. The molecule has 1 fully saturated rings. The van der Waals surface area contributed by atoms with Gasteiger partial charge in [-0.15, -0.1) is 0 Å². The van der Waals surface area contributed by atoms with Crippen molar-refractivity contribution >= 4 is 23.2 Å². The van der Waals surface area contributed by atoms with Crippen molar-refractivity contribution < 1.29 is 4.79 Å². The van der Waals surface area contributed by atoms with Crippen LogP contribution in [0.5, 0.6) is 0 Å². The van der Waals surface area contributed by atoms with Crippen LogP contribution >= 0.6 is 11.6 Å². The molecule has 24 heavy (non-hydrogen) atoms. The Morgan fingerprint density at radius 1 is 1.08 bits per heavy atom. The van der Waals surface area contributed by atoms with Gasteiger partial charge in [0.05, 0.1) is 0 Å². The van der Waals surface area contributed by atoms with Crippen molar-refractivity contribution in [2.45, 2.75) is 13.8 Å². The number of H-pyrrole nitrogens is 1. The highest BCUT2D eigenvalue weighted by molar-refractivity contribution is 6.30. The first-order valence-electron chi connectivity index (χ1n) is 7.96. The van der Waals surface area contributed by atoms with E-state index in [4.69, 9.17) is 11.6 Å². The second-order valence-corrected chi connectivity index (χ2v) is 6.53. The number of benzene rings is 1. The van der Waals surface area contributed by atoms with Gasteiger partial charge in [-0.1, -0.05) is 17.7 Å². The molecule has 0 unspecified atom stereocenters. The zero-order valence-corrected chi connectivity index (χ0v) is 14.6. The number of carbonyl (C=O) groups is 1. The minimum atomic E-state index is -0.326. The minimum Gasteiger partial charge on any atom is -0.368 e. The fraction of sp³-hybridized carbons (Fsp3) is 0.333. The van der Waals surface area contributed by atoms with Crippen molar-refractivity contribution in [1.29, 1.82) is 0 Å². The second-order valence-electron chi connectivity index (χ2n) is 6.09. The first-order chi connectivity index (χ1) is 11.5. The van der Waals surface area contributed by atoms with Gasteiger partial charge in [-0.25, -0.2) is 0 Å². The number of halogens is 1. The number of amides is 1. The third-order valence-electron chi connectivity index (χ3n) is 4.36. The van der Waals surface area contributed by atoms with Crippen LogP contribution in [0.15, 0.2) is 35.1 Å². The van der Waals surface area contributed by atoms with Gasteiger partial charge in [-0.2, -0.15) is 0 Å². The molecule has 3 rings (SSSR count). The third kappa shape index (κ3) is 3.31. The van der Waals surface area contributed by atoms with Gasteiger partial charge in [0.2, 0.25) is 0 Å². The summed E-state index contributed by atoms with van der Waals surface area (Å²) in [5.74, 6) is -0.210. The van der Waals surface area contributed by atoms with Crippen molar-refractivity contribution in [3.8, 4) is 0 Å². The molecule has 126 valence electrons. The summed E-state index contributed by atoms with van der Waals surface area (Å²) in [6.45, 7) is 6.44. The summed E-state index contributed by atoms with van der Waals surface area (Å²) in [6.07, 6.45) is 0. The molecule has 2 heterocycles. The molecule has 1 amide bonds. The van der Waals surface area contributed by atoms with E-state index in [0.717, 1.165) is 30.0 Å². The highest BCUT2D eigenvalue weighted by atomic mass is 35.5. The Morgan fingerprint density at radius 2 is 1.79 bits per heavy atom. The van der Waals surface area contributed by atoms with Gasteiger partial charge < -0.3 is 14.8 Å². The van der Waals surface area contributed by atoms with Gasteiger partial charge in [0.15, 0.2) is 0 Å². The molecule has 6 heteroatoms. The lowest BCUT2D eigenvalue weighted by molar-refractivity contribution is 0.0745. The molecule has 0 saturated carbocycles. The van der Waals surface area contributed by atoms with Crippen molar-refractivity contribution in [3.63, 3.8) is 0 Å². The molecule has 0 atom stereocenters. The van der Waals surface area contributed by atoms with Gasteiger partial charge in [0.1, 0.15) is 5.56 Å². The van der Waals surface area contributed by atoms with Gasteiger partial charge in [0, 0.05) is 42.6 Å². The summed E-state index contributed by atoms with van der Waals surface area (Å²) in [4.78, 5) is 31.2. The van der Waals surface area contributed by atoms with Crippen LogP contribution in [0.25, 0.3) is 0 Å². The molecule has 1 aliphatic heterocycles. The Bertz CT molecular complexity index is 823. The minimum absolute atomic E-state index is 0.202. The number of hydrogen-bond donors (Lipinski definition) is 1. The molecule has 0 bridgehead atoms. The average Bonchev–Trinajstić information content (AvgIpc) is 2.57. The van der Waals surface area contributed by atoms with E-state index in [2.05, 4.69) is 16.8 Å². The van der Waals surface area contributed by atoms with Crippen molar-refractivity contribution in [2.24, 2.45) is 0 Å². The zero-order valence-electron chi connectivity index (χ0n) is 13.8. The van der Waals surface area contributed by atoms with Crippen LogP contribution in [-0.4, -0.2) is 42.0 Å². The molecule has 0 aliphatic carbocycles. The maximum atomic E-state index is 12.6. The Balaban J connectivity index is 1.72. The van der Waals surface area contributed by atoms with Crippen molar-refractivity contribution in [3.05, 3.63) is 62.5 Å². The number of piperazine rings is 1. The molecule has 1 N–H and O–H groups in total. The van der Waals surface area contributed by atoms with E-state index in [1.54, 1.807) is 24.0 Å². The molecule has 5 nitrogen and oxygen atoms in total. The van der Waals surface area contributed by atoms with E-state index < -0.39 is 0 Å². The SMILES string of the molecule is Cc1ccc(C(=O)N2CCN(c3cc(Cl)ccc3C)CC2)c(=O)[nH]1. The first kappa shape index (κ1) is 16.6. The Labute approximate surface area is 145 Å². The normalized spacial score (nSPS) is 14.8. The fourth-order valence-electron chi connectivity index (χ4n) is 2.98. The number of pyridine rings is 1. The Kier molecular flexibility index (Phi) is 4.62. The van der Waals surface area contributed by atoms with Gasteiger partial charge in [-0.05, 0) is 43.7 Å². The summed E-state index contributed by atoms with van der Waals surface area (Å²) >= 11 is 6.10. The van der Waals surface area contributed by atoms with E-state index >= 15 is 0 Å². The van der Waals surface area contributed by atoms with Gasteiger partial charge in [-0.3, -0.25) is 9.59 Å². The maximum Gasteiger partial charge on any atom is 0.260 e. The quantitative estimate of drug-likeness (QED) is 0.910. The maximum absolute atomic E-state index is 12.6. The van der Waals surface area contributed by atoms with Crippen LogP contribution in [0.1, 0.15) is 21.6 Å². The van der Waals surface area contributed by atoms with E-state index in [1.807, 2.05) is 18.2 Å². The smallest absolute Gasteiger partial charge is 0.260 e. The number of hydrogen-bond acceptors (Lipinski definition) is 3. The summed E-state index contributed by atoms with van der Waals surface area (Å²) in [5.41, 5.74) is 2.89. The predicted molar refractivity (Wildman–Crippen MR) is 96.1 cm³/mol. The monoisotopic (exact) mass is 345 g/mol. The first-order valence-corrected chi connectivity index (χ1v) is 8.34. The molecule has 1 saturated heterocycles. The van der Waals surface area contributed by atoms with Crippen LogP contribution in [0, 0.1) is 13.8 Å². The van der Waals surface area contributed by atoms with Crippen molar-refractivity contribution in [1.82, 2.24) is 9.88 Å². The average molecular weight is 346 g/mol. The highest BCUT2D eigenvalue weighted by Gasteiger charge is 2.24. The summed E-state index contributed by atoms with van der Waals surface area (Å²) in [7, 11) is 0. The lowest BCUT2D eigenvalue weighted by Gasteiger charge is -2.36. The molecular weight excluding hydrogens is 326 g/mol. The Morgan fingerprint density at radius 3 is 2.46 bits per heavy atom. The third-order valence-corrected chi connectivity index (χ3v) is 4.60. The number of anilines is 1. The number of rotatable bonds is 2. The lowest BCUT2D eigenvalue weighted by atomic mass is 10.1. The molecule has 1 aromatic carbocycles. The lowest BCUT2D eigenvalue weighted by Crippen LogP contribution is -2.49. The number of carbonyl (C=O) groups excluding carboxylic acids is 1.